The fourth-order valence-corrected chi connectivity index (χ4v) is 2.68. The second kappa shape index (κ2) is 6.72. The van der Waals surface area contributed by atoms with Gasteiger partial charge in [-0.05, 0) is 48.5 Å². The lowest BCUT2D eigenvalue weighted by Crippen LogP contribution is -2.09. The largest absolute Gasteiger partial charge is 0.457 e. The molecule has 7 nitrogen and oxygen atoms in total. The number of H-pyrrole nitrogens is 1. The van der Waals surface area contributed by atoms with Crippen molar-refractivity contribution in [1.29, 1.82) is 0 Å². The average molecular weight is 359 g/mol. The summed E-state index contributed by atoms with van der Waals surface area (Å²) in [5.41, 5.74) is 1.18. The number of non-ortho nitro benzene ring substituents is 1. The molecular weight excluding hydrogens is 346 g/mol. The van der Waals surface area contributed by atoms with Crippen molar-refractivity contribution < 1.29 is 9.66 Å². The van der Waals surface area contributed by atoms with Gasteiger partial charge in [-0.1, -0.05) is 12.1 Å². The molecule has 4 aromatic rings. The normalized spacial score (nSPS) is 10.7. The maximum absolute atomic E-state index is 12.2. The van der Waals surface area contributed by atoms with E-state index in [1.54, 1.807) is 42.5 Å². The summed E-state index contributed by atoms with van der Waals surface area (Å²) in [5, 5.41) is 11.2. The molecule has 0 saturated heterocycles. The molecule has 0 unspecified atom stereocenters. The zero-order valence-electron chi connectivity index (χ0n) is 14.0. The molecule has 0 spiro atoms. The van der Waals surface area contributed by atoms with Crippen LogP contribution in [0.5, 0.6) is 11.5 Å². The Labute approximate surface area is 153 Å². The molecular formula is C20H13N3O4. The fourth-order valence-electron chi connectivity index (χ4n) is 2.68. The van der Waals surface area contributed by atoms with Gasteiger partial charge in [0.2, 0.25) is 0 Å². The summed E-state index contributed by atoms with van der Waals surface area (Å²) < 4.78 is 5.68. The van der Waals surface area contributed by atoms with E-state index in [1.807, 2.05) is 6.07 Å². The highest BCUT2D eigenvalue weighted by atomic mass is 16.6. The number of nitro groups is 1. The van der Waals surface area contributed by atoms with Crippen molar-refractivity contribution in [3.8, 4) is 22.9 Å². The lowest BCUT2D eigenvalue weighted by molar-refractivity contribution is -0.384. The molecule has 0 saturated carbocycles. The van der Waals surface area contributed by atoms with Crippen LogP contribution in [0.1, 0.15) is 0 Å². The number of aromatic nitrogens is 2. The van der Waals surface area contributed by atoms with Gasteiger partial charge in [0.05, 0.1) is 15.8 Å². The average Bonchev–Trinajstić information content (AvgIpc) is 2.69. The summed E-state index contributed by atoms with van der Waals surface area (Å²) in [5.74, 6) is 1.53. The molecule has 0 aliphatic heterocycles. The molecule has 132 valence electrons. The van der Waals surface area contributed by atoms with E-state index in [9.17, 15) is 14.9 Å². The lowest BCUT2D eigenvalue weighted by Gasteiger charge is -2.07. The molecule has 3 aromatic carbocycles. The zero-order valence-corrected chi connectivity index (χ0v) is 14.0. The van der Waals surface area contributed by atoms with Gasteiger partial charge in [-0.15, -0.1) is 0 Å². The van der Waals surface area contributed by atoms with Crippen molar-refractivity contribution in [3.63, 3.8) is 0 Å². The van der Waals surface area contributed by atoms with Crippen molar-refractivity contribution in [2.75, 3.05) is 0 Å². The Hall–Kier alpha value is -4.00. The van der Waals surface area contributed by atoms with Crippen LogP contribution in [0.3, 0.4) is 0 Å². The molecule has 0 amide bonds. The van der Waals surface area contributed by atoms with Crippen molar-refractivity contribution in [2.45, 2.75) is 0 Å². The van der Waals surface area contributed by atoms with Gasteiger partial charge in [0.25, 0.3) is 11.2 Å². The number of ether oxygens (including phenoxy) is 1. The van der Waals surface area contributed by atoms with Crippen LogP contribution in [0.4, 0.5) is 5.69 Å². The third-order valence-corrected chi connectivity index (χ3v) is 4.02. The third kappa shape index (κ3) is 3.38. The van der Waals surface area contributed by atoms with Gasteiger partial charge in [0, 0.05) is 17.7 Å². The molecule has 7 heteroatoms. The SMILES string of the molecule is O=c1[nH]c(-c2ccc(Oc3ccc([N+](=O)[O-])cc3)cc2)nc2ccccc12. The van der Waals surface area contributed by atoms with Crippen LogP contribution in [0.2, 0.25) is 0 Å². The summed E-state index contributed by atoms with van der Waals surface area (Å²) in [6.45, 7) is 0. The van der Waals surface area contributed by atoms with Crippen molar-refractivity contribution in [1.82, 2.24) is 9.97 Å². The molecule has 1 heterocycles. The van der Waals surface area contributed by atoms with E-state index in [1.165, 1.54) is 24.3 Å². The summed E-state index contributed by atoms with van der Waals surface area (Å²) in [4.78, 5) is 29.7. The Balaban J connectivity index is 1.59. The summed E-state index contributed by atoms with van der Waals surface area (Å²) in [6.07, 6.45) is 0. The summed E-state index contributed by atoms with van der Waals surface area (Å²) >= 11 is 0. The van der Waals surface area contributed by atoms with Crippen molar-refractivity contribution in [2.24, 2.45) is 0 Å². The van der Waals surface area contributed by atoms with Gasteiger partial charge < -0.3 is 9.72 Å². The van der Waals surface area contributed by atoms with Crippen LogP contribution in [0.15, 0.2) is 77.6 Å². The summed E-state index contributed by atoms with van der Waals surface area (Å²) in [6, 6.07) is 20.0. The fraction of sp³-hybridized carbons (Fsp3) is 0. The van der Waals surface area contributed by atoms with Gasteiger partial charge in [-0.2, -0.15) is 0 Å². The van der Waals surface area contributed by atoms with Gasteiger partial charge in [-0.3, -0.25) is 14.9 Å². The molecule has 1 aromatic heterocycles. The topological polar surface area (TPSA) is 98.1 Å². The van der Waals surface area contributed by atoms with Crippen LogP contribution in [-0.4, -0.2) is 14.9 Å². The molecule has 0 radical (unpaired) electrons. The van der Waals surface area contributed by atoms with Gasteiger partial charge >= 0.3 is 0 Å². The van der Waals surface area contributed by atoms with Gasteiger partial charge in [0.1, 0.15) is 17.3 Å². The highest BCUT2D eigenvalue weighted by molar-refractivity contribution is 5.79. The Bertz CT molecular complexity index is 1180. The number of hydrogen-bond acceptors (Lipinski definition) is 5. The van der Waals surface area contributed by atoms with Crippen LogP contribution in [0, 0.1) is 10.1 Å². The van der Waals surface area contributed by atoms with E-state index < -0.39 is 4.92 Å². The van der Waals surface area contributed by atoms with Crippen molar-refractivity contribution >= 4 is 16.6 Å². The standard InChI is InChI=1S/C20H13N3O4/c24-20-17-3-1-2-4-18(17)21-19(22-20)13-5-9-15(10-6-13)27-16-11-7-14(8-12-16)23(25)26/h1-12H,(H,21,22,24). The Morgan fingerprint density at radius 3 is 2.19 bits per heavy atom. The summed E-state index contributed by atoms with van der Waals surface area (Å²) in [7, 11) is 0. The van der Waals surface area contributed by atoms with E-state index in [2.05, 4.69) is 9.97 Å². The maximum atomic E-state index is 12.2. The minimum atomic E-state index is -0.462. The third-order valence-electron chi connectivity index (χ3n) is 4.02. The highest BCUT2D eigenvalue weighted by Gasteiger charge is 2.07. The van der Waals surface area contributed by atoms with Gasteiger partial charge in [0.15, 0.2) is 0 Å². The number of hydrogen-bond donors (Lipinski definition) is 1. The van der Waals surface area contributed by atoms with E-state index in [4.69, 9.17) is 4.74 Å². The molecule has 0 fully saturated rings. The van der Waals surface area contributed by atoms with E-state index in [-0.39, 0.29) is 11.2 Å². The number of nitro benzene ring substituents is 1. The molecule has 0 atom stereocenters. The van der Waals surface area contributed by atoms with Crippen LogP contribution in [0.25, 0.3) is 22.3 Å². The number of rotatable bonds is 4. The van der Waals surface area contributed by atoms with Crippen LogP contribution in [-0.2, 0) is 0 Å². The number of aromatic amines is 1. The maximum Gasteiger partial charge on any atom is 0.269 e. The first kappa shape index (κ1) is 16.5. The Morgan fingerprint density at radius 1 is 0.889 bits per heavy atom. The minimum absolute atomic E-state index is 0.00373. The van der Waals surface area contributed by atoms with E-state index in [0.717, 1.165) is 5.56 Å². The first-order valence-electron chi connectivity index (χ1n) is 8.12. The number of fused-ring (bicyclic) bond motifs is 1. The van der Waals surface area contributed by atoms with Crippen molar-refractivity contribution in [3.05, 3.63) is 93.3 Å². The predicted molar refractivity (Wildman–Crippen MR) is 101 cm³/mol. The Kier molecular flexibility index (Phi) is 4.10. The monoisotopic (exact) mass is 359 g/mol. The molecule has 27 heavy (non-hydrogen) atoms. The molecule has 1 N–H and O–H groups in total. The second-order valence-corrected chi connectivity index (χ2v) is 5.81. The number of para-hydroxylation sites is 1. The van der Waals surface area contributed by atoms with Crippen LogP contribution < -0.4 is 10.3 Å². The molecule has 0 aliphatic carbocycles. The van der Waals surface area contributed by atoms with Gasteiger partial charge in [-0.25, -0.2) is 4.98 Å². The first-order chi connectivity index (χ1) is 13.1. The van der Waals surface area contributed by atoms with Crippen LogP contribution >= 0.6 is 0 Å². The second-order valence-electron chi connectivity index (χ2n) is 5.81. The predicted octanol–water partition coefficient (Wildman–Crippen LogP) is 4.29. The Morgan fingerprint density at radius 2 is 1.52 bits per heavy atom. The molecule has 0 bridgehead atoms. The lowest BCUT2D eigenvalue weighted by atomic mass is 10.2. The number of nitrogens with one attached hydrogen (secondary N) is 1. The number of benzene rings is 3. The molecule has 4 rings (SSSR count). The minimum Gasteiger partial charge on any atom is -0.457 e. The smallest absolute Gasteiger partial charge is 0.269 e. The van der Waals surface area contributed by atoms with E-state index in [0.29, 0.717) is 28.2 Å². The number of nitrogens with zero attached hydrogens (tertiary/aromatic N) is 2. The van der Waals surface area contributed by atoms with E-state index >= 15 is 0 Å². The zero-order chi connectivity index (χ0) is 18.8. The molecule has 0 aliphatic rings. The highest BCUT2D eigenvalue weighted by Crippen LogP contribution is 2.26. The quantitative estimate of drug-likeness (QED) is 0.433. The first-order valence-corrected chi connectivity index (χ1v) is 8.12.